The number of aromatic nitrogens is 5. The lowest BCUT2D eigenvalue weighted by molar-refractivity contribution is -0.123. The molecule has 1 aliphatic heterocycles. The molecule has 0 saturated heterocycles. The Labute approximate surface area is 160 Å². The third-order valence-corrected chi connectivity index (χ3v) is 4.18. The zero-order valence-electron chi connectivity index (χ0n) is 15.0. The highest BCUT2D eigenvalue weighted by molar-refractivity contribution is 5.94. The fraction of sp³-hybridized carbons (Fsp3) is 0.222. The zero-order chi connectivity index (χ0) is 19.9. The molecule has 0 radical (unpaired) electrons. The maximum atomic E-state index is 12.2. The summed E-state index contributed by atoms with van der Waals surface area (Å²) in [7, 11) is 1.52. The Balaban J connectivity index is 0.000000706. The second kappa shape index (κ2) is 8.71. The van der Waals surface area contributed by atoms with Crippen LogP contribution in [-0.2, 0) is 16.1 Å². The number of amides is 1. The largest absolute Gasteiger partial charge is 0.483 e. The highest BCUT2D eigenvalue weighted by Gasteiger charge is 2.30. The fourth-order valence-electron chi connectivity index (χ4n) is 2.96. The fourth-order valence-corrected chi connectivity index (χ4v) is 2.96. The number of hydrogen-bond acceptors (Lipinski definition) is 7. The molecule has 1 amide bonds. The molecule has 0 saturated carbocycles. The summed E-state index contributed by atoms with van der Waals surface area (Å²) in [6, 6.07) is 4.15. The molecule has 0 spiro atoms. The zero-order valence-corrected chi connectivity index (χ0v) is 15.0. The summed E-state index contributed by atoms with van der Waals surface area (Å²) < 4.78 is 6.77. The number of carbonyl (C=O) groups excluding carboxylic acids is 1. The van der Waals surface area contributed by atoms with Gasteiger partial charge in [-0.15, -0.1) is 0 Å². The number of carboxylic acid groups (broad SMARTS) is 1. The molecular weight excluding hydrogens is 364 g/mol. The van der Waals surface area contributed by atoms with Crippen LogP contribution in [0.15, 0.2) is 43.1 Å². The van der Waals surface area contributed by atoms with E-state index in [0.717, 1.165) is 16.7 Å². The lowest BCUT2D eigenvalue weighted by Gasteiger charge is -2.23. The minimum Gasteiger partial charge on any atom is -0.483 e. The molecule has 10 nitrogen and oxygen atoms in total. The second-order valence-corrected chi connectivity index (χ2v) is 5.88. The van der Waals surface area contributed by atoms with Crippen LogP contribution in [0.25, 0.3) is 0 Å². The van der Waals surface area contributed by atoms with Gasteiger partial charge >= 0.3 is 6.01 Å². The van der Waals surface area contributed by atoms with Gasteiger partial charge in [0.2, 0.25) is 5.91 Å². The smallest absolute Gasteiger partial charge is 0.316 e. The molecule has 1 unspecified atom stereocenters. The molecule has 4 rings (SSSR count). The summed E-state index contributed by atoms with van der Waals surface area (Å²) in [4.78, 5) is 33.0. The van der Waals surface area contributed by atoms with Gasteiger partial charge in [-0.1, -0.05) is 6.07 Å². The maximum Gasteiger partial charge on any atom is 0.316 e. The Morgan fingerprint density at radius 3 is 2.71 bits per heavy atom. The van der Waals surface area contributed by atoms with Crippen molar-refractivity contribution in [3.8, 4) is 6.01 Å². The topological polar surface area (TPSA) is 132 Å². The SMILES string of the molecule is COc1ncc(C2CC(=O)Nc3c2cnn3Cc2cccnc2)cn1.O=CO. The standard InChI is InChI=1S/C17H16N6O2.CH2O2/c1-25-17-19-7-12(8-20-17)13-5-15(24)22-16-14(13)9-21-23(16)10-11-3-2-4-18-6-11;2-1-3/h2-4,6-9,13H,5,10H2,1H3,(H,22,24);1H,(H,2,3). The van der Waals surface area contributed by atoms with Crippen LogP contribution in [0.4, 0.5) is 5.82 Å². The summed E-state index contributed by atoms with van der Waals surface area (Å²) in [5.74, 6) is 0.527. The molecule has 10 heteroatoms. The van der Waals surface area contributed by atoms with E-state index in [1.54, 1.807) is 35.7 Å². The van der Waals surface area contributed by atoms with Crippen LogP contribution in [0.1, 0.15) is 29.0 Å². The molecule has 0 fully saturated rings. The quantitative estimate of drug-likeness (QED) is 0.645. The summed E-state index contributed by atoms with van der Waals surface area (Å²) in [5, 5.41) is 14.3. The highest BCUT2D eigenvalue weighted by Crippen LogP contribution is 2.36. The summed E-state index contributed by atoms with van der Waals surface area (Å²) >= 11 is 0. The summed E-state index contributed by atoms with van der Waals surface area (Å²) in [6.45, 7) is 0.287. The van der Waals surface area contributed by atoms with Crippen molar-refractivity contribution >= 4 is 18.2 Å². The highest BCUT2D eigenvalue weighted by atomic mass is 16.5. The Hall–Kier alpha value is -3.82. The molecule has 144 valence electrons. The van der Waals surface area contributed by atoms with E-state index in [1.807, 2.05) is 12.1 Å². The van der Waals surface area contributed by atoms with Crippen molar-refractivity contribution in [3.63, 3.8) is 0 Å². The predicted octanol–water partition coefficient (Wildman–Crippen LogP) is 1.30. The first-order valence-corrected chi connectivity index (χ1v) is 8.34. The van der Waals surface area contributed by atoms with Crippen molar-refractivity contribution < 1.29 is 19.4 Å². The molecule has 0 aliphatic carbocycles. The van der Waals surface area contributed by atoms with Crippen LogP contribution in [0.5, 0.6) is 6.01 Å². The molecule has 1 aliphatic rings. The van der Waals surface area contributed by atoms with E-state index in [9.17, 15) is 4.79 Å². The number of methoxy groups -OCH3 is 1. The van der Waals surface area contributed by atoms with Gasteiger partial charge in [0.05, 0.1) is 19.9 Å². The van der Waals surface area contributed by atoms with Crippen molar-refractivity contribution in [2.24, 2.45) is 0 Å². The Kier molecular flexibility index (Phi) is 5.90. The first-order valence-electron chi connectivity index (χ1n) is 8.34. The summed E-state index contributed by atoms with van der Waals surface area (Å²) in [6.07, 6.45) is 9.02. The lowest BCUT2D eigenvalue weighted by Crippen LogP contribution is -2.25. The minimum absolute atomic E-state index is 0.0544. The molecule has 4 heterocycles. The third kappa shape index (κ3) is 4.11. The van der Waals surface area contributed by atoms with Gasteiger partial charge in [0.15, 0.2) is 0 Å². The number of rotatable bonds is 4. The number of nitrogens with zero attached hydrogens (tertiary/aromatic N) is 5. The van der Waals surface area contributed by atoms with Gasteiger partial charge in [0, 0.05) is 42.7 Å². The van der Waals surface area contributed by atoms with Crippen LogP contribution in [-0.4, -0.2) is 49.3 Å². The van der Waals surface area contributed by atoms with E-state index in [0.29, 0.717) is 24.8 Å². The minimum atomic E-state index is -0.250. The predicted molar refractivity (Wildman–Crippen MR) is 97.9 cm³/mol. The van der Waals surface area contributed by atoms with E-state index in [-0.39, 0.29) is 18.3 Å². The number of carbonyl (C=O) groups is 2. The number of anilines is 1. The second-order valence-electron chi connectivity index (χ2n) is 5.88. The molecular formula is C18H18N6O4. The van der Waals surface area contributed by atoms with Gasteiger partial charge < -0.3 is 15.2 Å². The molecule has 1 atom stereocenters. The number of fused-ring (bicyclic) bond motifs is 1. The van der Waals surface area contributed by atoms with Gasteiger partial charge in [0.25, 0.3) is 6.47 Å². The van der Waals surface area contributed by atoms with Crippen molar-refractivity contribution in [2.75, 3.05) is 12.4 Å². The number of hydrogen-bond donors (Lipinski definition) is 2. The summed E-state index contributed by atoms with van der Waals surface area (Å²) in [5.41, 5.74) is 2.83. The van der Waals surface area contributed by atoms with Crippen LogP contribution < -0.4 is 10.1 Å². The average molecular weight is 382 g/mol. The van der Waals surface area contributed by atoms with Crippen LogP contribution in [0.2, 0.25) is 0 Å². The molecule has 0 bridgehead atoms. The average Bonchev–Trinajstić information content (AvgIpc) is 3.11. The van der Waals surface area contributed by atoms with Crippen LogP contribution in [0.3, 0.4) is 0 Å². The lowest BCUT2D eigenvalue weighted by atomic mass is 9.89. The number of pyridine rings is 1. The first kappa shape index (κ1) is 19.0. The van der Waals surface area contributed by atoms with E-state index in [2.05, 4.69) is 25.4 Å². The van der Waals surface area contributed by atoms with E-state index in [4.69, 9.17) is 14.6 Å². The van der Waals surface area contributed by atoms with Gasteiger partial charge in [-0.25, -0.2) is 14.6 Å². The molecule has 3 aromatic rings. The van der Waals surface area contributed by atoms with Gasteiger partial charge in [-0.2, -0.15) is 5.10 Å². The molecule has 2 N–H and O–H groups in total. The Bertz CT molecular complexity index is 942. The van der Waals surface area contributed by atoms with Crippen molar-refractivity contribution in [3.05, 3.63) is 59.8 Å². The van der Waals surface area contributed by atoms with Crippen LogP contribution in [0, 0.1) is 0 Å². The van der Waals surface area contributed by atoms with Crippen molar-refractivity contribution in [1.29, 1.82) is 0 Å². The molecule has 28 heavy (non-hydrogen) atoms. The first-order chi connectivity index (χ1) is 13.7. The van der Waals surface area contributed by atoms with E-state index in [1.165, 1.54) is 7.11 Å². The van der Waals surface area contributed by atoms with Crippen molar-refractivity contribution in [1.82, 2.24) is 24.7 Å². The van der Waals surface area contributed by atoms with Gasteiger partial charge in [0.1, 0.15) is 5.82 Å². The molecule has 3 aromatic heterocycles. The monoisotopic (exact) mass is 382 g/mol. The van der Waals surface area contributed by atoms with E-state index < -0.39 is 0 Å². The maximum absolute atomic E-state index is 12.2. The van der Waals surface area contributed by atoms with Crippen molar-refractivity contribution in [2.45, 2.75) is 18.9 Å². The molecule has 0 aromatic carbocycles. The van der Waals surface area contributed by atoms with Crippen LogP contribution >= 0.6 is 0 Å². The van der Waals surface area contributed by atoms with Gasteiger partial charge in [-0.3, -0.25) is 14.6 Å². The number of ether oxygens (including phenoxy) is 1. The third-order valence-electron chi connectivity index (χ3n) is 4.18. The number of nitrogens with one attached hydrogen (secondary N) is 1. The normalized spacial score (nSPS) is 14.9. The Morgan fingerprint density at radius 2 is 2.07 bits per heavy atom. The van der Waals surface area contributed by atoms with E-state index >= 15 is 0 Å². The van der Waals surface area contributed by atoms with Gasteiger partial charge in [-0.05, 0) is 17.2 Å². The Morgan fingerprint density at radius 1 is 1.32 bits per heavy atom.